The number of aliphatic hydroxyl groups is 6. The zero-order chi connectivity index (χ0) is 52.1. The van der Waals surface area contributed by atoms with Gasteiger partial charge in [-0.2, -0.15) is 4.73 Å². The lowest BCUT2D eigenvalue weighted by Crippen LogP contribution is -2.86. The molecule has 23 heteroatoms. The van der Waals surface area contributed by atoms with Crippen LogP contribution in [0.3, 0.4) is 0 Å². The third-order valence-corrected chi connectivity index (χ3v) is 12.5. The van der Waals surface area contributed by atoms with Gasteiger partial charge in [0, 0.05) is 49.8 Å². The van der Waals surface area contributed by atoms with Crippen LogP contribution in [0.15, 0.2) is 99.6 Å². The molecular weight excluding hydrogens is 945 g/mol. The minimum absolute atomic E-state index is 0.0269. The number of aryl methyl sites for hydroxylation is 2. The molecule has 23 nitrogen and oxygen atoms in total. The van der Waals surface area contributed by atoms with Crippen LogP contribution in [0.2, 0.25) is 0 Å². The van der Waals surface area contributed by atoms with Crippen LogP contribution in [-0.4, -0.2) is 156 Å². The first-order chi connectivity index (χ1) is 34.4. The number of carbonyl (C=O) groups is 3. The molecule has 4 heterocycles. The number of hydrogen-bond acceptors (Lipinski definition) is 18. The van der Waals surface area contributed by atoms with Gasteiger partial charge in [-0.25, -0.2) is 9.59 Å². The second kappa shape index (κ2) is 21.6. The Hall–Kier alpha value is -7.35. The number of guanidine groups is 1. The number of rotatable bonds is 21. The number of nitrogens with two attached hydrogens (primary N) is 1. The van der Waals surface area contributed by atoms with E-state index in [4.69, 9.17) is 29.2 Å². The number of phenols is 1. The predicted molar refractivity (Wildman–Crippen MR) is 256 cm³/mol. The molecule has 1 fully saturated rings. The lowest BCUT2D eigenvalue weighted by Gasteiger charge is -2.59. The lowest BCUT2D eigenvalue weighted by atomic mass is 9.66. The summed E-state index contributed by atoms with van der Waals surface area (Å²) in [4.78, 5) is 65.1. The maximum absolute atomic E-state index is 14.0. The second-order valence-corrected chi connectivity index (χ2v) is 17.4. The molecule has 0 unspecified atom stereocenters. The van der Waals surface area contributed by atoms with Crippen molar-refractivity contribution in [3.05, 3.63) is 107 Å². The first-order valence-electron chi connectivity index (χ1n) is 22.6. The first kappa shape index (κ1) is 52.5. The molecule has 0 saturated carbocycles. The Kier molecular flexibility index (Phi) is 15.7. The number of esters is 1. The number of phenolic OH excluding ortho intramolecular Hbond substituents is 1. The van der Waals surface area contributed by atoms with Crippen molar-refractivity contribution in [3.63, 3.8) is 0 Å². The number of carboxylic acids is 1. The summed E-state index contributed by atoms with van der Waals surface area (Å²) in [7, 11) is 1.16. The highest BCUT2D eigenvalue weighted by atomic mass is 16.8. The molecule has 8 atom stereocenters. The summed E-state index contributed by atoms with van der Waals surface area (Å²) >= 11 is 0. The number of aliphatic carboxylic acids is 1. The fraction of sp³-hybridized carbons (Fsp3) is 0.367. The summed E-state index contributed by atoms with van der Waals surface area (Å²) in [6.07, 6.45) is -5.42. The minimum Gasteiger partial charge on any atom is -0.508 e. The Morgan fingerprint density at radius 2 is 1.76 bits per heavy atom. The zero-order valence-electron chi connectivity index (χ0n) is 39.2. The van der Waals surface area contributed by atoms with E-state index in [-0.39, 0.29) is 47.4 Å². The van der Waals surface area contributed by atoms with Crippen molar-refractivity contribution in [2.75, 3.05) is 33.4 Å². The smallest absolute Gasteiger partial charge is 0.337 e. The molecule has 72 heavy (non-hydrogen) atoms. The maximum atomic E-state index is 14.0. The highest BCUT2D eigenvalue weighted by Crippen LogP contribution is 2.47. The van der Waals surface area contributed by atoms with Gasteiger partial charge in [-0.05, 0) is 74.7 Å². The highest BCUT2D eigenvalue weighted by molar-refractivity contribution is 5.98. The number of hydrogen-bond donors (Lipinski definition) is 12. The summed E-state index contributed by atoms with van der Waals surface area (Å²) in [5.41, 5.74) is -0.441. The van der Waals surface area contributed by atoms with Crippen LogP contribution in [-0.2, 0) is 23.9 Å². The van der Waals surface area contributed by atoms with Crippen LogP contribution in [0.4, 0.5) is 0 Å². The number of aromatic amines is 1. The molecule has 13 N–H and O–H groups in total. The molecule has 1 aliphatic rings. The number of H-pyrrole nitrogens is 1. The van der Waals surface area contributed by atoms with E-state index < -0.39 is 97.1 Å². The number of carboxylic acid groups (broad SMARTS) is 1. The van der Waals surface area contributed by atoms with Gasteiger partial charge in [0.1, 0.15) is 41.9 Å². The van der Waals surface area contributed by atoms with Gasteiger partial charge < -0.3 is 85.1 Å². The molecular formula is C49H56N6O17. The normalized spacial score (nSPS) is 22.0. The fourth-order valence-electron chi connectivity index (χ4n) is 9.00. The van der Waals surface area contributed by atoms with Gasteiger partial charge in [-0.3, -0.25) is 15.1 Å². The van der Waals surface area contributed by atoms with Crippen molar-refractivity contribution in [3.8, 4) is 33.9 Å². The van der Waals surface area contributed by atoms with Crippen molar-refractivity contribution in [1.82, 2.24) is 20.3 Å². The van der Waals surface area contributed by atoms with Gasteiger partial charge >= 0.3 is 11.9 Å². The number of aromatic nitrogens is 2. The van der Waals surface area contributed by atoms with E-state index in [1.165, 1.54) is 59.7 Å². The summed E-state index contributed by atoms with van der Waals surface area (Å²) < 4.78 is 25.8. The standard InChI is InChI=1S/C49H56N6O17/c1-26-18-27(2)20-30(19-26)39-37-29(13-15-53-37)22-55(39)72-41-44(69-32-11-12-33-35(21-32)68-23-34(40(33)62)28-7-9-31(60)10-8-28)70-45(47(66,24-58)49(41,67)36(61)6-4-16-56)48(25-59,54-46(50)51-3)71-43(65)38(42(63)64)52-14-5-17-57/h7-13,15,17-23,36,38,41,44-45,52-53,56,58-61,66-67H,4-6,14,16,24-25H2,1-3H3,(H,63,64)(H3,50,51,54)/t36-,38-,41-,44+,45-,47+,48+,49+/m1/s1. The molecule has 0 spiro atoms. The van der Waals surface area contributed by atoms with E-state index in [1.54, 1.807) is 12.3 Å². The highest BCUT2D eigenvalue weighted by Gasteiger charge is 2.75. The minimum atomic E-state index is -3.41. The SMILES string of the molecule is CN=C(N)N[C@@](CO)(OC(=O)[C@H](NCCC=O)C(=O)O)[C@@H]1O[C@H](Oc2ccc3c(=O)c(-c4ccc(O)cc4)coc3c2)[C@@H](On2cc3cc[nH]c3c2-c2cc(C)cc(C)c2)[C@@](O)([C@H](O)CCCO)[C@]1(O)CO. The maximum Gasteiger partial charge on any atom is 0.337 e. The number of fused-ring (bicyclic) bond motifs is 2. The van der Waals surface area contributed by atoms with E-state index in [0.29, 0.717) is 34.0 Å². The molecule has 384 valence electrons. The predicted octanol–water partition coefficient (Wildman–Crippen LogP) is 0.319. The summed E-state index contributed by atoms with van der Waals surface area (Å²) in [5, 5.41) is 97.2. The average molecular weight is 1000 g/mol. The van der Waals surface area contributed by atoms with Gasteiger partial charge in [0.2, 0.25) is 24.2 Å². The van der Waals surface area contributed by atoms with Crippen molar-refractivity contribution in [2.45, 2.75) is 80.7 Å². The summed E-state index contributed by atoms with van der Waals surface area (Å²) in [6.45, 7) is -0.269. The molecule has 1 aliphatic heterocycles. The van der Waals surface area contributed by atoms with Crippen LogP contribution in [0, 0.1) is 13.8 Å². The Balaban J connectivity index is 1.46. The van der Waals surface area contributed by atoms with Crippen molar-refractivity contribution < 1.29 is 78.7 Å². The molecule has 7 rings (SSSR count). The van der Waals surface area contributed by atoms with Crippen LogP contribution in [0.5, 0.6) is 11.5 Å². The number of benzene rings is 3. The fourth-order valence-corrected chi connectivity index (χ4v) is 9.00. The van der Waals surface area contributed by atoms with Gasteiger partial charge in [-0.15, -0.1) is 0 Å². The largest absolute Gasteiger partial charge is 0.508 e. The van der Waals surface area contributed by atoms with Crippen molar-refractivity contribution in [1.29, 1.82) is 0 Å². The Bertz CT molecular complexity index is 2990. The average Bonchev–Trinajstić information content (AvgIpc) is 3.95. The number of aldehydes is 1. The summed E-state index contributed by atoms with van der Waals surface area (Å²) in [5.74, 6) is -4.35. The Morgan fingerprint density at radius 1 is 1.04 bits per heavy atom. The van der Waals surface area contributed by atoms with E-state index in [0.717, 1.165) is 18.2 Å². The van der Waals surface area contributed by atoms with Crippen LogP contribution >= 0.6 is 0 Å². The number of nitrogens with one attached hydrogen (secondary N) is 3. The molecule has 0 bridgehead atoms. The Morgan fingerprint density at radius 3 is 2.40 bits per heavy atom. The molecule has 3 aromatic carbocycles. The molecule has 0 amide bonds. The van der Waals surface area contributed by atoms with Gasteiger partial charge in [-0.1, -0.05) is 29.3 Å². The second-order valence-electron chi connectivity index (χ2n) is 17.4. The van der Waals surface area contributed by atoms with E-state index in [9.17, 15) is 60.0 Å². The number of carbonyl (C=O) groups excluding carboxylic acids is 2. The number of aliphatic imine (C=N–C) groups is 1. The number of aromatic hydroxyl groups is 1. The third-order valence-electron chi connectivity index (χ3n) is 12.5. The quantitative estimate of drug-likeness (QED) is 0.00878. The molecule has 0 radical (unpaired) electrons. The zero-order valence-corrected chi connectivity index (χ0v) is 39.2. The van der Waals surface area contributed by atoms with E-state index in [2.05, 4.69) is 20.6 Å². The van der Waals surface area contributed by atoms with Crippen LogP contribution in [0.25, 0.3) is 44.3 Å². The number of nitrogens with zero attached hydrogens (tertiary/aromatic N) is 2. The third kappa shape index (κ3) is 9.96. The monoisotopic (exact) mass is 1000 g/mol. The Labute approximate surface area is 409 Å². The van der Waals surface area contributed by atoms with E-state index >= 15 is 0 Å². The van der Waals surface area contributed by atoms with Crippen LogP contribution in [0.1, 0.15) is 30.4 Å². The molecule has 6 aromatic rings. The van der Waals surface area contributed by atoms with Gasteiger partial charge in [0.15, 0.2) is 28.7 Å². The van der Waals surface area contributed by atoms with Gasteiger partial charge in [0.25, 0.3) is 0 Å². The summed E-state index contributed by atoms with van der Waals surface area (Å²) in [6, 6.07) is 14.8. The van der Waals surface area contributed by atoms with Crippen LogP contribution < -0.4 is 31.4 Å². The van der Waals surface area contributed by atoms with E-state index in [1.807, 2.05) is 32.0 Å². The van der Waals surface area contributed by atoms with Crippen molar-refractivity contribution >= 4 is 46.1 Å². The lowest BCUT2D eigenvalue weighted by molar-refractivity contribution is -0.400. The number of ether oxygens (including phenoxy) is 3. The number of aliphatic hydroxyl groups excluding tert-OH is 4. The topological polar surface area (TPSA) is 363 Å². The van der Waals surface area contributed by atoms with Gasteiger partial charge in [0.05, 0.1) is 35.4 Å². The molecule has 1 saturated heterocycles. The van der Waals surface area contributed by atoms with Crippen molar-refractivity contribution in [2.24, 2.45) is 10.7 Å². The first-order valence-corrected chi connectivity index (χ1v) is 22.6. The molecule has 0 aliphatic carbocycles. The molecule has 3 aromatic heterocycles.